The molecule has 3 atom stereocenters. The van der Waals surface area contributed by atoms with Crippen molar-refractivity contribution >= 4 is 68.1 Å². The molecule has 0 spiro atoms. The second kappa shape index (κ2) is 10.3. The number of nitrogens with zero attached hydrogens (tertiary/aromatic N) is 2. The maximum absolute atomic E-state index is 13.8. The van der Waals surface area contributed by atoms with E-state index < -0.39 is 40.6 Å². The molecule has 6 rings (SSSR count). The van der Waals surface area contributed by atoms with Crippen molar-refractivity contribution in [3.63, 3.8) is 0 Å². The first-order valence-electron chi connectivity index (χ1n) is 12.1. The molecule has 2 N–H and O–H groups in total. The van der Waals surface area contributed by atoms with Gasteiger partial charge in [0.2, 0.25) is 17.7 Å². The molecule has 0 radical (unpaired) electrons. The second-order valence-corrected chi connectivity index (χ2v) is 12.3. The summed E-state index contributed by atoms with van der Waals surface area (Å²) >= 11 is 5.53. The van der Waals surface area contributed by atoms with Gasteiger partial charge in [0, 0.05) is 21.0 Å². The minimum atomic E-state index is -0.852. The summed E-state index contributed by atoms with van der Waals surface area (Å²) in [6.07, 6.45) is 0. The molecule has 3 amide bonds. The van der Waals surface area contributed by atoms with Gasteiger partial charge in [-0.1, -0.05) is 51.2 Å². The molecule has 0 saturated carbocycles. The van der Waals surface area contributed by atoms with E-state index in [2.05, 4.69) is 21.2 Å². The van der Waals surface area contributed by atoms with Gasteiger partial charge in [-0.15, -0.1) is 0 Å². The molecule has 8 nitrogen and oxygen atoms in total. The minimum absolute atomic E-state index is 0.0520. The Morgan fingerprint density at radius 3 is 2.42 bits per heavy atom. The normalized spacial score (nSPS) is 19.9. The first-order chi connectivity index (χ1) is 19.2. The van der Waals surface area contributed by atoms with Crippen molar-refractivity contribution in [2.45, 2.75) is 22.7 Å². The Labute approximate surface area is 243 Å². The van der Waals surface area contributed by atoms with Crippen LogP contribution in [-0.4, -0.2) is 32.6 Å². The third-order valence-corrected chi connectivity index (χ3v) is 9.89. The van der Waals surface area contributed by atoms with Gasteiger partial charge < -0.3 is 10.4 Å². The Hall–Kier alpha value is -3.74. The number of fused-ring (bicyclic) bond motifs is 2. The lowest BCUT2D eigenvalue weighted by Gasteiger charge is -2.30. The van der Waals surface area contributed by atoms with E-state index in [1.807, 2.05) is 24.3 Å². The number of carbonyl (C=O) groups excluding carboxylic acids is 3. The van der Waals surface area contributed by atoms with Crippen molar-refractivity contribution in [3.8, 4) is 5.75 Å². The summed E-state index contributed by atoms with van der Waals surface area (Å²) in [5.41, 5.74) is 1.47. The molecule has 0 aliphatic carbocycles. The number of nitrogens with one attached hydrogen (secondary N) is 1. The SMILES string of the molecule is O=C(Cn1c2c(sc1=O)C(c1cccc(Br)c1)C1C(=O)N(c3ccc(F)cc3)C(=O)C1S2)Nc1ccc(O)cc1. The number of anilines is 2. The minimum Gasteiger partial charge on any atom is -0.508 e. The summed E-state index contributed by atoms with van der Waals surface area (Å²) < 4.78 is 15.7. The average Bonchev–Trinajstić information content (AvgIpc) is 3.36. The monoisotopic (exact) mass is 639 g/mol. The highest BCUT2D eigenvalue weighted by atomic mass is 79.9. The summed E-state index contributed by atoms with van der Waals surface area (Å²) in [5.74, 6) is -3.20. The zero-order valence-electron chi connectivity index (χ0n) is 20.4. The van der Waals surface area contributed by atoms with Gasteiger partial charge in [-0.3, -0.25) is 23.7 Å². The van der Waals surface area contributed by atoms with Crippen molar-refractivity contribution in [3.05, 3.63) is 103 Å². The summed E-state index contributed by atoms with van der Waals surface area (Å²) in [4.78, 5) is 55.0. The number of halogens is 2. The molecule has 1 aromatic heterocycles. The van der Waals surface area contributed by atoms with Crippen molar-refractivity contribution in [1.82, 2.24) is 4.57 Å². The molecular formula is C28H19BrFN3O5S2. The third kappa shape index (κ3) is 4.65. The highest BCUT2D eigenvalue weighted by Crippen LogP contribution is 2.54. The highest BCUT2D eigenvalue weighted by molar-refractivity contribution is 9.10. The smallest absolute Gasteiger partial charge is 0.308 e. The first kappa shape index (κ1) is 26.5. The van der Waals surface area contributed by atoms with Crippen LogP contribution in [0.5, 0.6) is 5.75 Å². The number of imide groups is 1. The van der Waals surface area contributed by atoms with Crippen molar-refractivity contribution < 1.29 is 23.9 Å². The van der Waals surface area contributed by atoms with Crippen LogP contribution in [0.25, 0.3) is 0 Å². The highest BCUT2D eigenvalue weighted by Gasteiger charge is 2.56. The van der Waals surface area contributed by atoms with Crippen LogP contribution in [0.3, 0.4) is 0 Å². The number of carbonyl (C=O) groups is 3. The number of thioether (sulfide) groups is 1. The Bertz CT molecular complexity index is 1720. The number of amides is 3. The lowest BCUT2D eigenvalue weighted by molar-refractivity contribution is -0.122. The lowest BCUT2D eigenvalue weighted by atomic mass is 9.83. The zero-order chi connectivity index (χ0) is 28.1. The Balaban J connectivity index is 1.41. The topological polar surface area (TPSA) is 109 Å². The molecule has 1 saturated heterocycles. The van der Waals surface area contributed by atoms with Gasteiger partial charge in [-0.25, -0.2) is 9.29 Å². The fourth-order valence-electron chi connectivity index (χ4n) is 5.05. The summed E-state index contributed by atoms with van der Waals surface area (Å²) in [6, 6.07) is 18.5. The van der Waals surface area contributed by atoms with Crippen LogP contribution in [0.1, 0.15) is 16.4 Å². The summed E-state index contributed by atoms with van der Waals surface area (Å²) in [6.45, 7) is -0.301. The van der Waals surface area contributed by atoms with Crippen molar-refractivity contribution in [1.29, 1.82) is 0 Å². The van der Waals surface area contributed by atoms with E-state index in [9.17, 15) is 28.7 Å². The molecule has 2 aliphatic heterocycles. The third-order valence-electron chi connectivity index (χ3n) is 6.79. The maximum atomic E-state index is 13.8. The van der Waals surface area contributed by atoms with Gasteiger partial charge in [-0.05, 0) is 66.2 Å². The number of thiazole rings is 1. The van der Waals surface area contributed by atoms with E-state index >= 15 is 0 Å². The quantitative estimate of drug-likeness (QED) is 0.236. The fraction of sp³-hybridized carbons (Fsp3) is 0.143. The molecule has 12 heteroatoms. The molecule has 3 aromatic carbocycles. The van der Waals surface area contributed by atoms with Gasteiger partial charge in [0.15, 0.2) is 0 Å². The van der Waals surface area contributed by atoms with Gasteiger partial charge in [0.25, 0.3) is 0 Å². The average molecular weight is 641 g/mol. The number of rotatable bonds is 5. The maximum Gasteiger partial charge on any atom is 0.308 e. The molecule has 2 aliphatic rings. The molecule has 3 unspecified atom stereocenters. The first-order valence-corrected chi connectivity index (χ1v) is 14.6. The van der Waals surface area contributed by atoms with Crippen molar-refractivity contribution in [2.24, 2.45) is 5.92 Å². The zero-order valence-corrected chi connectivity index (χ0v) is 23.6. The number of hydrogen-bond acceptors (Lipinski definition) is 7. The standard InChI is InChI=1S/C28H19BrFN3O5S2/c29-15-3-1-2-14(12-15)21-22-23(26(37)33(25(22)36)18-8-4-16(30)5-9-18)39-27-24(21)40-28(38)32(27)13-20(35)31-17-6-10-19(34)11-7-17/h1-12,21-23,34H,13H2,(H,31,35). The molecule has 1 fully saturated rings. The number of phenols is 1. The second-order valence-electron chi connectivity index (χ2n) is 9.30. The number of phenolic OH excluding ortho intramolecular Hbond substituents is 1. The van der Waals surface area contributed by atoms with Crippen LogP contribution >= 0.6 is 39.0 Å². The Morgan fingerprint density at radius 2 is 1.73 bits per heavy atom. The van der Waals surface area contributed by atoms with E-state index in [1.54, 1.807) is 0 Å². The molecule has 40 heavy (non-hydrogen) atoms. The predicted molar refractivity (Wildman–Crippen MR) is 153 cm³/mol. The summed E-state index contributed by atoms with van der Waals surface area (Å²) in [7, 11) is 0. The lowest BCUT2D eigenvalue weighted by Crippen LogP contribution is -2.33. The molecule has 3 heterocycles. The molecule has 4 aromatic rings. The van der Waals surface area contributed by atoms with Gasteiger partial charge in [-0.2, -0.15) is 0 Å². The Morgan fingerprint density at radius 1 is 1.00 bits per heavy atom. The molecule has 0 bridgehead atoms. The number of aromatic nitrogens is 1. The predicted octanol–water partition coefficient (Wildman–Crippen LogP) is 4.95. The fourth-order valence-corrected chi connectivity index (χ4v) is 8.24. The van der Waals surface area contributed by atoms with Crippen LogP contribution in [0.15, 0.2) is 87.1 Å². The van der Waals surface area contributed by atoms with E-state index in [-0.39, 0.29) is 22.9 Å². The van der Waals surface area contributed by atoms with E-state index in [0.29, 0.717) is 15.6 Å². The number of hydrogen-bond donors (Lipinski definition) is 2. The van der Waals surface area contributed by atoms with Crippen molar-refractivity contribution in [2.75, 3.05) is 10.2 Å². The van der Waals surface area contributed by atoms with Crippen LogP contribution in [0.2, 0.25) is 0 Å². The summed E-state index contributed by atoms with van der Waals surface area (Å²) in [5, 5.41) is 11.8. The van der Waals surface area contributed by atoms with Gasteiger partial charge >= 0.3 is 4.87 Å². The molecule has 202 valence electrons. The van der Waals surface area contributed by atoms with Gasteiger partial charge in [0.1, 0.15) is 23.4 Å². The van der Waals surface area contributed by atoms with E-state index in [1.165, 1.54) is 53.1 Å². The van der Waals surface area contributed by atoms with Crippen LogP contribution < -0.4 is 15.1 Å². The number of aromatic hydroxyl groups is 1. The Kier molecular flexibility index (Phi) is 6.85. The molecular weight excluding hydrogens is 621 g/mol. The van der Waals surface area contributed by atoms with Crippen LogP contribution in [-0.2, 0) is 20.9 Å². The van der Waals surface area contributed by atoms with E-state index in [4.69, 9.17) is 0 Å². The van der Waals surface area contributed by atoms with Gasteiger partial charge in [0.05, 0.1) is 16.6 Å². The van der Waals surface area contributed by atoms with Crippen LogP contribution in [0.4, 0.5) is 15.8 Å². The van der Waals surface area contributed by atoms with Crippen LogP contribution in [0, 0.1) is 11.7 Å². The largest absolute Gasteiger partial charge is 0.508 e. The number of benzene rings is 3. The van der Waals surface area contributed by atoms with E-state index in [0.717, 1.165) is 38.0 Å².